The van der Waals surface area contributed by atoms with Gasteiger partial charge in [-0.25, -0.2) is 0 Å². The first-order chi connectivity index (χ1) is 27.5. The molecule has 0 spiro atoms. The van der Waals surface area contributed by atoms with Crippen LogP contribution in [-0.2, 0) is 0 Å². The summed E-state index contributed by atoms with van der Waals surface area (Å²) in [5.41, 5.74) is 2.69. The van der Waals surface area contributed by atoms with Crippen LogP contribution >= 0.6 is 0 Å². The van der Waals surface area contributed by atoms with Gasteiger partial charge in [0.1, 0.15) is 11.2 Å². The molecule has 0 amide bonds. The normalized spacial score (nSPS) is 16.6. The van der Waals surface area contributed by atoms with E-state index in [1.165, 1.54) is 30.3 Å². The van der Waals surface area contributed by atoms with Gasteiger partial charge in [-0.15, -0.1) is 0 Å². The number of hydrogen-bond donors (Lipinski definition) is 0. The lowest BCUT2D eigenvalue weighted by atomic mass is 9.85. The van der Waals surface area contributed by atoms with Crippen molar-refractivity contribution in [1.82, 2.24) is 0 Å². The van der Waals surface area contributed by atoms with E-state index in [1.807, 2.05) is 0 Å². The molecule has 0 N–H and O–H groups in total. The molecule has 0 fully saturated rings. The van der Waals surface area contributed by atoms with Gasteiger partial charge in [-0.2, -0.15) is 0 Å². The Balaban J connectivity index is 1.31. The summed E-state index contributed by atoms with van der Waals surface area (Å²) in [7, 11) is 0. The predicted molar refractivity (Wildman–Crippen MR) is 183 cm³/mol. The lowest BCUT2D eigenvalue weighted by Gasteiger charge is -2.18. The first kappa shape index (κ1) is 13.5. The summed E-state index contributed by atoms with van der Waals surface area (Å²) in [5, 5.41) is 2.48. The van der Waals surface area contributed by atoms with Crippen molar-refractivity contribution in [2.45, 2.75) is 0 Å². The van der Waals surface area contributed by atoms with E-state index in [2.05, 4.69) is 0 Å². The quantitative estimate of drug-likeness (QED) is 0.196. The molecule has 0 saturated carbocycles. The number of benzene rings is 8. The van der Waals surface area contributed by atoms with Gasteiger partial charge in [0.15, 0.2) is 0 Å². The maximum absolute atomic E-state index is 8.89. The van der Waals surface area contributed by atoms with Crippen molar-refractivity contribution in [2.24, 2.45) is 0 Å². The Morgan fingerprint density at radius 2 is 0.930 bits per heavy atom. The van der Waals surface area contributed by atoms with Crippen LogP contribution in [0.4, 0.5) is 0 Å². The number of furan rings is 1. The van der Waals surface area contributed by atoms with Crippen LogP contribution in [0.25, 0.3) is 87.6 Å². The largest absolute Gasteiger partial charge is 0.456 e. The zero-order valence-electron chi connectivity index (χ0n) is 37.3. The van der Waals surface area contributed by atoms with Gasteiger partial charge in [-0.1, -0.05) is 133 Å². The molecule has 0 atom stereocenters. The van der Waals surface area contributed by atoms with Gasteiger partial charge in [0.25, 0.3) is 0 Å². The van der Waals surface area contributed by atoms with Crippen LogP contribution in [0.15, 0.2) is 162 Å². The summed E-state index contributed by atoms with van der Waals surface area (Å²) < 4.78 is 134. The third kappa shape index (κ3) is 3.79. The molecule has 43 heavy (non-hydrogen) atoms. The third-order valence-corrected chi connectivity index (χ3v) is 7.82. The topological polar surface area (TPSA) is 13.1 Å². The highest BCUT2D eigenvalue weighted by Gasteiger charge is 2.17. The second-order valence-electron chi connectivity index (χ2n) is 10.2. The Hall–Kier alpha value is -5.66. The van der Waals surface area contributed by atoms with Crippen LogP contribution in [0.3, 0.4) is 0 Å². The highest BCUT2D eigenvalue weighted by atomic mass is 16.3. The minimum absolute atomic E-state index is 0.0327. The third-order valence-electron chi connectivity index (χ3n) is 7.82. The molecular weight excluding hydrogens is 520 g/mol. The van der Waals surface area contributed by atoms with Crippen molar-refractivity contribution in [3.05, 3.63) is 157 Å². The van der Waals surface area contributed by atoms with Gasteiger partial charge in [-0.05, 0) is 89.9 Å². The number of fused-ring (bicyclic) bond motifs is 6. The summed E-state index contributed by atoms with van der Waals surface area (Å²) in [4.78, 5) is 0. The van der Waals surface area contributed by atoms with Crippen LogP contribution in [0.5, 0.6) is 0 Å². The standard InChI is InChI=1S/C42H26O/c1-2-10-30-25-32(22-19-27(30)9-1)42-36-14-5-3-12-34(36)41(35-13-4-6-15-37(35)42)29-20-17-28(18-21-29)31-23-24-40-38(26-31)33-11-7-8-16-39(33)43-40/h1-26H/i1D,2D,3D,4D,5D,6D,7D,8D,9D,10D,11D,16D,19D,23D,24D. The molecule has 0 aliphatic rings. The summed E-state index contributed by atoms with van der Waals surface area (Å²) in [5.74, 6) is 0. The molecule has 0 aliphatic carbocycles. The smallest absolute Gasteiger partial charge is 0.135 e. The zero-order chi connectivity index (χ0) is 41.4. The second-order valence-corrected chi connectivity index (χ2v) is 10.2. The van der Waals surface area contributed by atoms with Gasteiger partial charge in [0, 0.05) is 10.8 Å². The highest BCUT2D eigenvalue weighted by molar-refractivity contribution is 6.21. The molecule has 9 aromatic rings. The van der Waals surface area contributed by atoms with Gasteiger partial charge >= 0.3 is 0 Å². The van der Waals surface area contributed by atoms with Crippen molar-refractivity contribution in [3.8, 4) is 33.4 Å². The maximum Gasteiger partial charge on any atom is 0.135 e. The van der Waals surface area contributed by atoms with E-state index in [0.717, 1.165) is 0 Å². The number of hydrogen-bond acceptors (Lipinski definition) is 1. The Morgan fingerprint density at radius 1 is 0.349 bits per heavy atom. The van der Waals surface area contributed by atoms with E-state index in [-0.39, 0.29) is 99.2 Å². The fourth-order valence-electron chi connectivity index (χ4n) is 5.89. The molecule has 9 rings (SSSR count). The number of rotatable bonds is 3. The molecule has 0 radical (unpaired) electrons. The molecule has 0 aliphatic heterocycles. The first-order valence-electron chi connectivity index (χ1n) is 21.0. The summed E-state index contributed by atoms with van der Waals surface area (Å²) in [6, 6.07) is 13.5. The molecule has 8 aromatic carbocycles. The maximum atomic E-state index is 8.89. The molecule has 200 valence electrons. The lowest BCUT2D eigenvalue weighted by Crippen LogP contribution is -1.91. The van der Waals surface area contributed by atoms with Crippen molar-refractivity contribution in [3.63, 3.8) is 0 Å². The average molecular weight is 562 g/mol. The second kappa shape index (κ2) is 9.44. The Kier molecular flexibility index (Phi) is 2.97. The van der Waals surface area contributed by atoms with Crippen molar-refractivity contribution in [1.29, 1.82) is 0 Å². The van der Waals surface area contributed by atoms with E-state index in [4.69, 9.17) is 25.0 Å². The van der Waals surface area contributed by atoms with Crippen LogP contribution in [-0.4, -0.2) is 0 Å². The molecule has 1 heteroatoms. The van der Waals surface area contributed by atoms with Crippen molar-refractivity contribution < 1.29 is 25.0 Å². The van der Waals surface area contributed by atoms with E-state index in [0.29, 0.717) is 54.9 Å². The summed E-state index contributed by atoms with van der Waals surface area (Å²) in [6.45, 7) is 0. The Morgan fingerprint density at radius 3 is 1.65 bits per heavy atom. The highest BCUT2D eigenvalue weighted by Crippen LogP contribution is 2.44. The van der Waals surface area contributed by atoms with Gasteiger partial charge < -0.3 is 4.42 Å². The van der Waals surface area contributed by atoms with Crippen LogP contribution in [0, 0.1) is 0 Å². The van der Waals surface area contributed by atoms with E-state index in [1.54, 1.807) is 36.4 Å². The van der Waals surface area contributed by atoms with Gasteiger partial charge in [0.05, 0.1) is 20.6 Å². The predicted octanol–water partition coefficient (Wildman–Crippen LogP) is 12.0. The molecule has 1 nitrogen and oxygen atoms in total. The SMILES string of the molecule is [2H]c1cc2c(-c3ccc(-c4cc5c(oc6c([2H])c([2H])c([2H])c([2H])c65)c([2H])c4[2H])cc3)c3cc([2H])c([2H])cc3c(-c3cc([2H])c4c([2H])c([2H])c([2H])c([2H])c4c3)c2cc1[2H]. The van der Waals surface area contributed by atoms with Crippen molar-refractivity contribution in [2.75, 3.05) is 0 Å². The van der Waals surface area contributed by atoms with Crippen LogP contribution < -0.4 is 0 Å². The van der Waals surface area contributed by atoms with E-state index < -0.39 is 24.2 Å². The summed E-state index contributed by atoms with van der Waals surface area (Å²) in [6.07, 6.45) is 0. The monoisotopic (exact) mass is 561 g/mol. The van der Waals surface area contributed by atoms with Gasteiger partial charge in [0.2, 0.25) is 0 Å². The van der Waals surface area contributed by atoms with Crippen molar-refractivity contribution >= 4 is 54.3 Å². The zero-order valence-corrected chi connectivity index (χ0v) is 22.3. The fourth-order valence-corrected chi connectivity index (χ4v) is 5.89. The fraction of sp³-hybridized carbons (Fsp3) is 0. The number of para-hydroxylation sites is 1. The lowest BCUT2D eigenvalue weighted by molar-refractivity contribution is 0.669. The van der Waals surface area contributed by atoms with Crippen LogP contribution in [0.2, 0.25) is 0 Å². The van der Waals surface area contributed by atoms with E-state index >= 15 is 0 Å². The molecule has 1 aromatic heterocycles. The Bertz CT molecular complexity index is 3270. The first-order valence-corrected chi connectivity index (χ1v) is 13.5. The van der Waals surface area contributed by atoms with E-state index in [9.17, 15) is 0 Å². The molecular formula is C42H26O. The minimum Gasteiger partial charge on any atom is -0.456 e. The minimum atomic E-state index is -0.472. The molecule has 0 bridgehead atoms. The molecule has 1 heterocycles. The summed E-state index contributed by atoms with van der Waals surface area (Å²) >= 11 is 0. The molecule has 0 unspecified atom stereocenters. The van der Waals surface area contributed by atoms with Gasteiger partial charge in [-0.3, -0.25) is 0 Å². The van der Waals surface area contributed by atoms with Crippen LogP contribution in [0.1, 0.15) is 20.6 Å². The average Bonchev–Trinajstić information content (AvgIpc) is 3.59. The molecule has 0 saturated heterocycles. The Labute approximate surface area is 270 Å².